The molecule has 1 saturated carbocycles. The molecule has 0 radical (unpaired) electrons. The molecule has 2 fully saturated rings. The van der Waals surface area contributed by atoms with E-state index in [0.29, 0.717) is 39.1 Å². The highest BCUT2D eigenvalue weighted by Gasteiger charge is 2.49. The van der Waals surface area contributed by atoms with Gasteiger partial charge in [-0.25, -0.2) is 8.78 Å². The van der Waals surface area contributed by atoms with Crippen molar-refractivity contribution in [1.82, 2.24) is 15.2 Å². The van der Waals surface area contributed by atoms with E-state index in [-0.39, 0.29) is 11.5 Å². The van der Waals surface area contributed by atoms with Crippen molar-refractivity contribution in [3.8, 4) is 0 Å². The molecule has 1 aromatic carbocycles. The summed E-state index contributed by atoms with van der Waals surface area (Å²) >= 11 is 0. The number of carbonyl (C=O) groups excluding carboxylic acids is 1. The first-order chi connectivity index (χ1) is 13.1. The second-order valence-corrected chi connectivity index (χ2v) is 7.03. The Labute approximate surface area is 156 Å². The van der Waals surface area contributed by atoms with Gasteiger partial charge < -0.3 is 10.1 Å². The Hall–Kier alpha value is -2.38. The Kier molecular flexibility index (Phi) is 4.88. The molecule has 27 heavy (non-hydrogen) atoms. The van der Waals surface area contributed by atoms with Crippen molar-refractivity contribution in [3.63, 3.8) is 0 Å². The van der Waals surface area contributed by atoms with Gasteiger partial charge in [-0.1, -0.05) is 6.07 Å². The Morgan fingerprint density at radius 2 is 2.00 bits per heavy atom. The molecule has 7 heteroatoms. The number of nitrogens with one attached hydrogen (secondary N) is 1. The summed E-state index contributed by atoms with van der Waals surface area (Å²) in [6, 6.07) is 6.47. The third kappa shape index (κ3) is 3.70. The number of morpholine rings is 1. The van der Waals surface area contributed by atoms with E-state index in [9.17, 15) is 13.6 Å². The summed E-state index contributed by atoms with van der Waals surface area (Å²) in [5, 5.41) is 2.99. The van der Waals surface area contributed by atoms with E-state index in [2.05, 4.69) is 10.3 Å². The number of halogens is 2. The van der Waals surface area contributed by atoms with Gasteiger partial charge in [-0.05, 0) is 42.7 Å². The smallest absolute Gasteiger partial charge is 0.242 e. The minimum Gasteiger partial charge on any atom is -0.379 e. The van der Waals surface area contributed by atoms with Crippen LogP contribution in [0, 0.1) is 11.6 Å². The van der Waals surface area contributed by atoms with Gasteiger partial charge in [0.2, 0.25) is 5.91 Å². The van der Waals surface area contributed by atoms with Crippen LogP contribution in [0.15, 0.2) is 42.7 Å². The lowest BCUT2D eigenvalue weighted by molar-refractivity contribution is -0.129. The summed E-state index contributed by atoms with van der Waals surface area (Å²) in [5.41, 5.74) is 0.144. The monoisotopic (exact) mass is 373 g/mol. The fourth-order valence-corrected chi connectivity index (χ4v) is 3.66. The van der Waals surface area contributed by atoms with Gasteiger partial charge in [-0.2, -0.15) is 0 Å². The first kappa shape index (κ1) is 18.0. The molecule has 1 saturated heterocycles. The Bertz CT molecular complexity index is 821. The summed E-state index contributed by atoms with van der Waals surface area (Å²) < 4.78 is 33.3. The molecule has 0 spiro atoms. The molecule has 1 aliphatic heterocycles. The molecule has 1 amide bonds. The predicted octanol–water partition coefficient (Wildman–Crippen LogP) is 2.54. The topological polar surface area (TPSA) is 54.5 Å². The number of amides is 1. The Morgan fingerprint density at radius 3 is 2.67 bits per heavy atom. The molecule has 5 nitrogen and oxygen atoms in total. The first-order valence-electron chi connectivity index (χ1n) is 9.08. The van der Waals surface area contributed by atoms with Crippen molar-refractivity contribution in [2.24, 2.45) is 0 Å². The summed E-state index contributed by atoms with van der Waals surface area (Å²) in [6.45, 7) is 2.34. The maximum absolute atomic E-state index is 14.3. The molecule has 1 atom stereocenters. The number of benzene rings is 1. The van der Waals surface area contributed by atoms with Gasteiger partial charge in [0.1, 0.15) is 17.7 Å². The van der Waals surface area contributed by atoms with Crippen LogP contribution in [0.3, 0.4) is 0 Å². The minimum atomic E-state index is -0.837. The number of pyridine rings is 1. The SMILES string of the molecule is O=C(NC1(c2cc(F)ccc2F)CC1)[C@@H](c1cccnc1)N1CCOCC1. The number of hydrogen-bond donors (Lipinski definition) is 1. The van der Waals surface area contributed by atoms with E-state index in [1.165, 1.54) is 6.07 Å². The van der Waals surface area contributed by atoms with E-state index in [0.717, 1.165) is 17.7 Å². The summed E-state index contributed by atoms with van der Waals surface area (Å²) in [6.07, 6.45) is 4.49. The minimum absolute atomic E-state index is 0.211. The van der Waals surface area contributed by atoms with E-state index < -0.39 is 23.2 Å². The van der Waals surface area contributed by atoms with Crippen LogP contribution in [-0.4, -0.2) is 42.1 Å². The average Bonchev–Trinajstić information content (AvgIpc) is 3.46. The Balaban J connectivity index is 1.61. The quantitative estimate of drug-likeness (QED) is 0.875. The second kappa shape index (κ2) is 7.32. The number of rotatable bonds is 5. The van der Waals surface area contributed by atoms with Crippen molar-refractivity contribution >= 4 is 5.91 Å². The molecule has 0 unspecified atom stereocenters. The normalized spacial score (nSPS) is 20.1. The lowest BCUT2D eigenvalue weighted by Gasteiger charge is -2.34. The van der Waals surface area contributed by atoms with Crippen molar-refractivity contribution in [2.45, 2.75) is 24.4 Å². The highest BCUT2D eigenvalue weighted by atomic mass is 19.1. The molecule has 1 aromatic heterocycles. The number of carbonyl (C=O) groups is 1. The van der Waals surface area contributed by atoms with Gasteiger partial charge in [-0.3, -0.25) is 14.7 Å². The highest BCUT2D eigenvalue weighted by molar-refractivity contribution is 5.84. The molecule has 4 rings (SSSR count). The van der Waals surface area contributed by atoms with Gasteiger partial charge in [0.25, 0.3) is 0 Å². The summed E-state index contributed by atoms with van der Waals surface area (Å²) in [4.78, 5) is 19.4. The van der Waals surface area contributed by atoms with Gasteiger partial charge >= 0.3 is 0 Å². The molecule has 2 heterocycles. The fraction of sp³-hybridized carbons (Fsp3) is 0.400. The van der Waals surface area contributed by atoms with Gasteiger partial charge in [0.05, 0.1) is 18.8 Å². The first-order valence-corrected chi connectivity index (χ1v) is 9.08. The summed E-state index contributed by atoms with van der Waals surface area (Å²) in [5.74, 6) is -1.24. The Morgan fingerprint density at radius 1 is 1.22 bits per heavy atom. The van der Waals surface area contributed by atoms with Crippen LogP contribution < -0.4 is 5.32 Å². The standard InChI is InChI=1S/C20H21F2N3O2/c21-15-3-4-17(22)16(12-15)20(5-6-20)24-19(26)18(14-2-1-7-23-13-14)25-8-10-27-11-9-25/h1-4,7,12-13,18H,5-6,8-11H2,(H,24,26)/t18-/m1/s1. The predicted molar refractivity (Wildman–Crippen MR) is 94.8 cm³/mol. The molecule has 2 aromatic rings. The van der Waals surface area contributed by atoms with Crippen LogP contribution >= 0.6 is 0 Å². The van der Waals surface area contributed by atoms with Crippen molar-refractivity contribution in [2.75, 3.05) is 26.3 Å². The second-order valence-electron chi connectivity index (χ2n) is 7.03. The molecular weight excluding hydrogens is 352 g/mol. The van der Waals surface area contributed by atoms with Crippen LogP contribution in [0.1, 0.15) is 30.0 Å². The molecule has 142 valence electrons. The average molecular weight is 373 g/mol. The van der Waals surface area contributed by atoms with Crippen LogP contribution in [0.2, 0.25) is 0 Å². The van der Waals surface area contributed by atoms with Crippen molar-refractivity contribution in [1.29, 1.82) is 0 Å². The molecule has 1 N–H and O–H groups in total. The third-order valence-electron chi connectivity index (χ3n) is 5.22. The number of hydrogen-bond acceptors (Lipinski definition) is 4. The zero-order chi connectivity index (χ0) is 18.9. The van der Waals surface area contributed by atoms with Crippen molar-refractivity contribution < 1.29 is 18.3 Å². The van der Waals surface area contributed by atoms with E-state index >= 15 is 0 Å². The van der Waals surface area contributed by atoms with Gasteiger partial charge in [0, 0.05) is 31.0 Å². The van der Waals surface area contributed by atoms with E-state index in [4.69, 9.17) is 4.74 Å². The largest absolute Gasteiger partial charge is 0.379 e. The maximum Gasteiger partial charge on any atom is 0.242 e. The summed E-state index contributed by atoms with van der Waals surface area (Å²) in [7, 11) is 0. The third-order valence-corrected chi connectivity index (χ3v) is 5.22. The van der Waals surface area contributed by atoms with Crippen LogP contribution in [0.5, 0.6) is 0 Å². The molecular formula is C20H21F2N3O2. The molecule has 2 aliphatic rings. The molecule has 1 aliphatic carbocycles. The van der Waals surface area contributed by atoms with Crippen LogP contribution in [-0.2, 0) is 15.1 Å². The zero-order valence-electron chi connectivity index (χ0n) is 14.8. The number of nitrogens with zero attached hydrogens (tertiary/aromatic N) is 2. The van der Waals surface area contributed by atoms with Gasteiger partial charge in [0.15, 0.2) is 0 Å². The van der Waals surface area contributed by atoms with E-state index in [1.807, 2.05) is 11.0 Å². The fourth-order valence-electron chi connectivity index (χ4n) is 3.66. The highest BCUT2D eigenvalue weighted by Crippen LogP contribution is 2.47. The molecule has 0 bridgehead atoms. The van der Waals surface area contributed by atoms with Crippen LogP contribution in [0.4, 0.5) is 8.78 Å². The lowest BCUT2D eigenvalue weighted by Crippen LogP contribution is -2.48. The number of ether oxygens (including phenoxy) is 1. The zero-order valence-corrected chi connectivity index (χ0v) is 14.8. The lowest BCUT2D eigenvalue weighted by atomic mass is 10.0. The van der Waals surface area contributed by atoms with Crippen LogP contribution in [0.25, 0.3) is 0 Å². The van der Waals surface area contributed by atoms with Crippen molar-refractivity contribution in [3.05, 3.63) is 65.5 Å². The maximum atomic E-state index is 14.3. The van der Waals surface area contributed by atoms with Gasteiger partial charge in [-0.15, -0.1) is 0 Å². The number of aromatic nitrogens is 1. The van der Waals surface area contributed by atoms with E-state index in [1.54, 1.807) is 18.5 Å².